The van der Waals surface area contributed by atoms with E-state index in [-0.39, 0.29) is 11.8 Å². The molecule has 0 aliphatic carbocycles. The van der Waals surface area contributed by atoms with Gasteiger partial charge in [-0.05, 0) is 57.8 Å². The molecule has 1 aromatic heterocycles. The van der Waals surface area contributed by atoms with Crippen molar-refractivity contribution in [2.45, 2.75) is 20.3 Å². The first-order valence-electron chi connectivity index (χ1n) is 8.73. The lowest BCUT2D eigenvalue weighted by Crippen LogP contribution is -2.21. The Hall–Kier alpha value is -2.93. The smallest absolute Gasteiger partial charge is 0.256 e. The first-order valence-corrected chi connectivity index (χ1v) is 8.73. The molecular formula is C20H23FN4O2. The van der Waals surface area contributed by atoms with Gasteiger partial charge in [0.1, 0.15) is 5.82 Å². The average molecular weight is 370 g/mol. The van der Waals surface area contributed by atoms with Gasteiger partial charge in [0.05, 0.1) is 11.3 Å². The largest absolute Gasteiger partial charge is 0.357 e. The third-order valence-corrected chi connectivity index (χ3v) is 4.58. The van der Waals surface area contributed by atoms with Gasteiger partial charge in [0.15, 0.2) is 0 Å². The van der Waals surface area contributed by atoms with E-state index < -0.39 is 5.82 Å². The molecule has 27 heavy (non-hydrogen) atoms. The molecule has 1 aliphatic heterocycles. The van der Waals surface area contributed by atoms with Crippen molar-refractivity contribution in [1.29, 1.82) is 0 Å². The summed E-state index contributed by atoms with van der Waals surface area (Å²) < 4.78 is 13.6. The second kappa shape index (κ2) is 7.36. The maximum atomic E-state index is 13.6. The number of fused-ring (bicyclic) bond motifs is 1. The zero-order valence-electron chi connectivity index (χ0n) is 15.9. The van der Waals surface area contributed by atoms with Crippen LogP contribution in [0.5, 0.6) is 0 Å². The molecule has 0 atom stereocenters. The molecule has 3 rings (SSSR count). The number of hydrogen-bond acceptors (Lipinski definition) is 3. The number of anilines is 2. The van der Waals surface area contributed by atoms with E-state index in [1.165, 1.54) is 12.1 Å². The van der Waals surface area contributed by atoms with Crippen LogP contribution in [0.1, 0.15) is 28.9 Å². The van der Waals surface area contributed by atoms with E-state index in [1.54, 1.807) is 12.1 Å². The second-order valence-electron chi connectivity index (χ2n) is 6.97. The molecule has 0 saturated carbocycles. The Morgan fingerprint density at radius 1 is 1.30 bits per heavy atom. The number of amides is 2. The number of hydrogen-bond donors (Lipinski definition) is 3. The molecule has 2 aromatic rings. The van der Waals surface area contributed by atoms with Gasteiger partial charge in [0.2, 0.25) is 5.91 Å². The van der Waals surface area contributed by atoms with Gasteiger partial charge >= 0.3 is 0 Å². The molecule has 0 saturated heterocycles. The standard InChI is InChI=1S/C20H23FN4O2/c1-11-17(22-12(2)19(11)24-18(26)7-8-25(3)4)10-15-14-9-13(21)5-6-16(14)23-20(15)27/h5-6,9-10,22H,7-8H2,1-4H3,(H,23,27)(H,24,26)/b15-10-. The topological polar surface area (TPSA) is 77.2 Å². The highest BCUT2D eigenvalue weighted by Gasteiger charge is 2.25. The van der Waals surface area contributed by atoms with Crippen molar-refractivity contribution in [2.75, 3.05) is 31.3 Å². The molecule has 0 spiro atoms. The van der Waals surface area contributed by atoms with Gasteiger partial charge < -0.3 is 20.5 Å². The second-order valence-corrected chi connectivity index (χ2v) is 6.97. The minimum absolute atomic E-state index is 0.0703. The first kappa shape index (κ1) is 18.8. The SMILES string of the molecule is Cc1[nH]c(/C=C2\C(=O)Nc3ccc(F)cc32)c(C)c1NC(=O)CCN(C)C. The number of nitrogens with zero attached hydrogens (tertiary/aromatic N) is 1. The summed E-state index contributed by atoms with van der Waals surface area (Å²) in [5, 5.41) is 5.67. The van der Waals surface area contributed by atoms with Gasteiger partial charge in [-0.15, -0.1) is 0 Å². The van der Waals surface area contributed by atoms with E-state index in [0.717, 1.165) is 11.3 Å². The summed E-state index contributed by atoms with van der Waals surface area (Å²) in [7, 11) is 3.83. The summed E-state index contributed by atoms with van der Waals surface area (Å²) in [6.45, 7) is 4.39. The lowest BCUT2D eigenvalue weighted by molar-refractivity contribution is -0.116. The van der Waals surface area contributed by atoms with Gasteiger partial charge in [0.25, 0.3) is 5.91 Å². The zero-order chi connectivity index (χ0) is 19.7. The molecular weight excluding hydrogens is 347 g/mol. The molecule has 0 fully saturated rings. The Labute approximate surface area is 157 Å². The van der Waals surface area contributed by atoms with Crippen LogP contribution in [0.4, 0.5) is 15.8 Å². The number of aromatic nitrogens is 1. The summed E-state index contributed by atoms with van der Waals surface area (Å²) in [6, 6.07) is 4.20. The van der Waals surface area contributed by atoms with E-state index >= 15 is 0 Å². The Morgan fingerprint density at radius 2 is 2.04 bits per heavy atom. The molecule has 1 aliphatic rings. The number of H-pyrrole nitrogens is 1. The summed E-state index contributed by atoms with van der Waals surface area (Å²) in [4.78, 5) is 29.6. The van der Waals surface area contributed by atoms with Gasteiger partial charge in [0, 0.05) is 35.6 Å². The van der Waals surface area contributed by atoms with Crippen molar-refractivity contribution in [3.05, 3.63) is 46.5 Å². The van der Waals surface area contributed by atoms with E-state index in [9.17, 15) is 14.0 Å². The van der Waals surface area contributed by atoms with Gasteiger partial charge in [-0.2, -0.15) is 0 Å². The van der Waals surface area contributed by atoms with Crippen LogP contribution in [0.15, 0.2) is 18.2 Å². The lowest BCUT2D eigenvalue weighted by Gasteiger charge is -2.10. The molecule has 2 heterocycles. The Bertz CT molecular complexity index is 944. The van der Waals surface area contributed by atoms with Crippen LogP contribution in [0, 0.1) is 19.7 Å². The van der Waals surface area contributed by atoms with Crippen LogP contribution in [0.2, 0.25) is 0 Å². The zero-order valence-corrected chi connectivity index (χ0v) is 15.9. The number of benzene rings is 1. The highest BCUT2D eigenvalue weighted by Crippen LogP contribution is 2.35. The van der Waals surface area contributed by atoms with Gasteiger partial charge in [-0.25, -0.2) is 4.39 Å². The lowest BCUT2D eigenvalue weighted by atomic mass is 10.0. The van der Waals surface area contributed by atoms with Crippen LogP contribution in [0.25, 0.3) is 11.6 Å². The number of rotatable bonds is 5. The number of carbonyl (C=O) groups is 2. The van der Waals surface area contributed by atoms with Gasteiger partial charge in [-0.3, -0.25) is 9.59 Å². The molecule has 0 bridgehead atoms. The van der Waals surface area contributed by atoms with Crippen LogP contribution in [0.3, 0.4) is 0 Å². The minimum Gasteiger partial charge on any atom is -0.357 e. The molecule has 0 radical (unpaired) electrons. The van der Waals surface area contributed by atoms with Crippen LogP contribution in [-0.2, 0) is 9.59 Å². The molecule has 7 heteroatoms. The number of carbonyl (C=O) groups excluding carboxylic acids is 2. The fourth-order valence-electron chi connectivity index (χ4n) is 3.08. The number of aryl methyl sites for hydroxylation is 1. The highest BCUT2D eigenvalue weighted by atomic mass is 19.1. The Balaban J connectivity index is 1.89. The van der Waals surface area contributed by atoms with Crippen molar-refractivity contribution in [1.82, 2.24) is 9.88 Å². The van der Waals surface area contributed by atoms with Gasteiger partial charge in [-0.1, -0.05) is 0 Å². The normalized spacial score (nSPS) is 14.6. The van der Waals surface area contributed by atoms with Crippen LogP contribution < -0.4 is 10.6 Å². The van der Waals surface area contributed by atoms with Crippen molar-refractivity contribution >= 4 is 34.8 Å². The average Bonchev–Trinajstić information content (AvgIpc) is 3.04. The third-order valence-electron chi connectivity index (χ3n) is 4.58. The maximum Gasteiger partial charge on any atom is 0.256 e. The molecule has 1 aromatic carbocycles. The molecule has 6 nitrogen and oxygen atoms in total. The van der Waals surface area contributed by atoms with Crippen molar-refractivity contribution in [3.63, 3.8) is 0 Å². The van der Waals surface area contributed by atoms with Crippen LogP contribution in [-0.4, -0.2) is 42.3 Å². The number of halogens is 1. The monoisotopic (exact) mass is 370 g/mol. The Kier molecular flexibility index (Phi) is 5.14. The van der Waals surface area contributed by atoms with E-state index in [0.29, 0.717) is 41.2 Å². The summed E-state index contributed by atoms with van der Waals surface area (Å²) in [5.41, 5.74) is 4.56. The molecule has 142 valence electrons. The molecule has 2 amide bonds. The maximum absolute atomic E-state index is 13.6. The summed E-state index contributed by atoms with van der Waals surface area (Å²) in [5.74, 6) is -0.748. The van der Waals surface area contributed by atoms with Crippen molar-refractivity contribution in [3.8, 4) is 0 Å². The fourth-order valence-corrected chi connectivity index (χ4v) is 3.08. The summed E-state index contributed by atoms with van der Waals surface area (Å²) in [6.07, 6.45) is 2.08. The third kappa shape index (κ3) is 3.93. The molecule has 3 N–H and O–H groups in total. The van der Waals surface area contributed by atoms with E-state index in [4.69, 9.17) is 0 Å². The highest BCUT2D eigenvalue weighted by molar-refractivity contribution is 6.34. The van der Waals surface area contributed by atoms with Crippen molar-refractivity contribution in [2.24, 2.45) is 0 Å². The van der Waals surface area contributed by atoms with Crippen molar-refractivity contribution < 1.29 is 14.0 Å². The predicted octanol–water partition coefficient (Wildman–Crippen LogP) is 3.15. The number of nitrogens with one attached hydrogen (secondary N) is 3. The number of aromatic amines is 1. The fraction of sp³-hybridized carbons (Fsp3) is 0.300. The molecule has 0 unspecified atom stereocenters. The predicted molar refractivity (Wildman–Crippen MR) is 105 cm³/mol. The van der Waals surface area contributed by atoms with E-state index in [2.05, 4.69) is 15.6 Å². The Morgan fingerprint density at radius 3 is 2.74 bits per heavy atom. The van der Waals surface area contributed by atoms with Crippen LogP contribution >= 0.6 is 0 Å². The summed E-state index contributed by atoms with van der Waals surface area (Å²) >= 11 is 0. The quantitative estimate of drug-likeness (QED) is 0.708. The first-order chi connectivity index (χ1) is 12.8. The van der Waals surface area contributed by atoms with E-state index in [1.807, 2.05) is 32.8 Å². The minimum atomic E-state index is -0.399.